The number of halogens is 1. The van der Waals surface area contributed by atoms with Crippen molar-refractivity contribution in [3.8, 4) is 11.3 Å². The Balaban J connectivity index is 2.10. The van der Waals surface area contributed by atoms with Gasteiger partial charge in [0.1, 0.15) is 0 Å². The largest absolute Gasteiger partial charge is 0.268 e. The van der Waals surface area contributed by atoms with Crippen LogP contribution in [-0.2, 0) is 10.0 Å². The zero-order chi connectivity index (χ0) is 17.4. The zero-order valence-corrected chi connectivity index (χ0v) is 15.5. The Hall–Kier alpha value is -2.37. The molecule has 0 radical (unpaired) electrons. The van der Waals surface area contributed by atoms with Crippen LogP contribution in [0, 0.1) is 0 Å². The molecule has 25 heavy (non-hydrogen) atoms. The number of nitrogens with zero attached hydrogens (tertiary/aromatic N) is 1. The lowest BCUT2D eigenvalue weighted by Crippen LogP contribution is -2.14. The van der Waals surface area contributed by atoms with Gasteiger partial charge in [0.05, 0.1) is 16.1 Å². The molecular weight excluding hydrogens is 398 g/mol. The van der Waals surface area contributed by atoms with Gasteiger partial charge in [-0.05, 0) is 30.3 Å². The number of benzene rings is 3. The molecule has 0 aliphatic rings. The molecule has 1 aromatic heterocycles. The van der Waals surface area contributed by atoms with E-state index >= 15 is 0 Å². The number of rotatable bonds is 3. The fourth-order valence-corrected chi connectivity index (χ4v) is 4.98. The van der Waals surface area contributed by atoms with Gasteiger partial charge in [0.15, 0.2) is 0 Å². The standard InChI is InChI=1S/C20H14BrNO2S/c21-18-12-6-5-11-17(18)20-14-15-8-4-7-13-19(15)22(20)25(23,24)16-9-2-1-3-10-16/h1-14H. The first-order valence-electron chi connectivity index (χ1n) is 7.75. The van der Waals surface area contributed by atoms with Gasteiger partial charge in [-0.2, -0.15) is 0 Å². The Bertz CT molecular complexity index is 1160. The van der Waals surface area contributed by atoms with Gasteiger partial charge in [-0.15, -0.1) is 0 Å². The number of fused-ring (bicyclic) bond motifs is 1. The second kappa shape index (κ2) is 6.17. The minimum atomic E-state index is -3.72. The smallest absolute Gasteiger partial charge is 0.233 e. The highest BCUT2D eigenvalue weighted by molar-refractivity contribution is 9.10. The van der Waals surface area contributed by atoms with Gasteiger partial charge in [0.2, 0.25) is 0 Å². The van der Waals surface area contributed by atoms with E-state index in [2.05, 4.69) is 15.9 Å². The number of hydrogen-bond donors (Lipinski definition) is 0. The van der Waals surface area contributed by atoms with E-state index in [1.54, 1.807) is 24.3 Å². The summed E-state index contributed by atoms with van der Waals surface area (Å²) in [5.41, 5.74) is 2.13. The van der Waals surface area contributed by atoms with E-state index < -0.39 is 10.0 Å². The molecule has 4 aromatic rings. The molecule has 0 atom stereocenters. The molecule has 0 bridgehead atoms. The Labute approximate surface area is 154 Å². The average Bonchev–Trinajstić information content (AvgIpc) is 3.03. The molecule has 5 heteroatoms. The highest BCUT2D eigenvalue weighted by Gasteiger charge is 2.24. The van der Waals surface area contributed by atoms with E-state index in [1.807, 2.05) is 60.7 Å². The normalized spacial score (nSPS) is 11.7. The first kappa shape index (κ1) is 16.1. The van der Waals surface area contributed by atoms with Gasteiger partial charge in [0, 0.05) is 15.4 Å². The maximum Gasteiger partial charge on any atom is 0.268 e. The number of para-hydroxylation sites is 1. The molecule has 0 unspecified atom stereocenters. The van der Waals surface area contributed by atoms with Crippen LogP contribution in [0.5, 0.6) is 0 Å². The molecule has 0 saturated carbocycles. The lowest BCUT2D eigenvalue weighted by Gasteiger charge is -2.13. The van der Waals surface area contributed by atoms with Gasteiger partial charge in [-0.1, -0.05) is 70.5 Å². The predicted octanol–water partition coefficient (Wildman–Crippen LogP) is 5.31. The molecule has 0 saturated heterocycles. The Kier molecular flexibility index (Phi) is 3.98. The molecule has 1 heterocycles. The topological polar surface area (TPSA) is 39.1 Å². The van der Waals surface area contributed by atoms with Crippen LogP contribution in [0.15, 0.2) is 94.3 Å². The van der Waals surface area contributed by atoms with Crippen molar-refractivity contribution in [2.24, 2.45) is 0 Å². The van der Waals surface area contributed by atoms with Gasteiger partial charge >= 0.3 is 0 Å². The summed E-state index contributed by atoms with van der Waals surface area (Å²) in [6, 6.07) is 25.6. The van der Waals surface area contributed by atoms with Crippen LogP contribution in [0.3, 0.4) is 0 Å². The first-order chi connectivity index (χ1) is 12.1. The first-order valence-corrected chi connectivity index (χ1v) is 9.98. The van der Waals surface area contributed by atoms with Crippen LogP contribution in [0.2, 0.25) is 0 Å². The lowest BCUT2D eigenvalue weighted by molar-refractivity contribution is 0.589. The fourth-order valence-electron chi connectivity index (χ4n) is 2.94. The summed E-state index contributed by atoms with van der Waals surface area (Å²) in [7, 11) is -3.72. The molecule has 0 N–H and O–H groups in total. The van der Waals surface area contributed by atoms with Crippen molar-refractivity contribution in [2.75, 3.05) is 0 Å². The van der Waals surface area contributed by atoms with E-state index in [9.17, 15) is 8.42 Å². The van der Waals surface area contributed by atoms with E-state index in [4.69, 9.17) is 0 Å². The molecule has 3 nitrogen and oxygen atoms in total. The summed E-state index contributed by atoms with van der Waals surface area (Å²) < 4.78 is 29.0. The Morgan fingerprint density at radius 2 is 1.40 bits per heavy atom. The number of aromatic nitrogens is 1. The number of hydrogen-bond acceptors (Lipinski definition) is 2. The van der Waals surface area contributed by atoms with Gasteiger partial charge in [-0.3, -0.25) is 0 Å². The van der Waals surface area contributed by atoms with Crippen molar-refractivity contribution >= 4 is 36.9 Å². The highest BCUT2D eigenvalue weighted by Crippen LogP contribution is 2.35. The maximum absolute atomic E-state index is 13.4. The van der Waals surface area contributed by atoms with Crippen molar-refractivity contribution in [2.45, 2.75) is 4.90 Å². The lowest BCUT2D eigenvalue weighted by atomic mass is 10.1. The van der Waals surface area contributed by atoms with E-state index in [0.29, 0.717) is 11.2 Å². The Morgan fingerprint density at radius 1 is 0.760 bits per heavy atom. The molecule has 4 rings (SSSR count). The molecule has 0 aliphatic carbocycles. The van der Waals surface area contributed by atoms with Crippen LogP contribution in [-0.4, -0.2) is 12.4 Å². The molecule has 124 valence electrons. The molecular formula is C20H14BrNO2S. The van der Waals surface area contributed by atoms with E-state index in [1.165, 1.54) is 3.97 Å². The summed E-state index contributed by atoms with van der Waals surface area (Å²) in [5, 5.41) is 0.882. The van der Waals surface area contributed by atoms with E-state index in [-0.39, 0.29) is 4.90 Å². The average molecular weight is 412 g/mol. The van der Waals surface area contributed by atoms with Crippen LogP contribution in [0.1, 0.15) is 0 Å². The van der Waals surface area contributed by atoms with Crippen LogP contribution in [0.4, 0.5) is 0 Å². The molecule has 0 aliphatic heterocycles. The van der Waals surface area contributed by atoms with Crippen molar-refractivity contribution in [1.82, 2.24) is 3.97 Å². The van der Waals surface area contributed by atoms with Gasteiger partial charge < -0.3 is 0 Å². The summed E-state index contributed by atoms with van der Waals surface area (Å²) in [4.78, 5) is 0.268. The van der Waals surface area contributed by atoms with E-state index in [0.717, 1.165) is 15.4 Å². The molecule has 0 fully saturated rings. The van der Waals surface area contributed by atoms with Crippen LogP contribution < -0.4 is 0 Å². The predicted molar refractivity (Wildman–Crippen MR) is 104 cm³/mol. The third kappa shape index (κ3) is 2.69. The van der Waals surface area contributed by atoms with Gasteiger partial charge in [0.25, 0.3) is 10.0 Å². The van der Waals surface area contributed by atoms with Crippen molar-refractivity contribution in [1.29, 1.82) is 0 Å². The van der Waals surface area contributed by atoms with Gasteiger partial charge in [-0.25, -0.2) is 12.4 Å². The van der Waals surface area contributed by atoms with Crippen molar-refractivity contribution in [3.63, 3.8) is 0 Å². The monoisotopic (exact) mass is 411 g/mol. The third-order valence-corrected chi connectivity index (χ3v) is 6.53. The van der Waals surface area contributed by atoms with Crippen molar-refractivity contribution in [3.05, 3.63) is 89.4 Å². The van der Waals surface area contributed by atoms with Crippen LogP contribution >= 0.6 is 15.9 Å². The quantitative estimate of drug-likeness (QED) is 0.458. The highest BCUT2D eigenvalue weighted by atomic mass is 79.9. The third-order valence-electron chi connectivity index (χ3n) is 4.10. The minimum Gasteiger partial charge on any atom is -0.233 e. The van der Waals surface area contributed by atoms with Crippen LogP contribution in [0.25, 0.3) is 22.2 Å². The molecule has 0 amide bonds. The summed E-state index contributed by atoms with van der Waals surface area (Å²) in [5.74, 6) is 0. The maximum atomic E-state index is 13.4. The van der Waals surface area contributed by atoms with Crippen molar-refractivity contribution < 1.29 is 8.42 Å². The fraction of sp³-hybridized carbons (Fsp3) is 0. The molecule has 0 spiro atoms. The SMILES string of the molecule is O=S(=O)(c1ccccc1)n1c(-c2ccccc2Br)cc2ccccc21. The summed E-state index contributed by atoms with van der Waals surface area (Å²) >= 11 is 3.54. The summed E-state index contributed by atoms with van der Waals surface area (Å²) in [6.07, 6.45) is 0. The molecule has 3 aromatic carbocycles. The minimum absolute atomic E-state index is 0.268. The zero-order valence-electron chi connectivity index (χ0n) is 13.1. The second-order valence-corrected chi connectivity index (χ2v) is 8.29. The Morgan fingerprint density at radius 3 is 2.16 bits per heavy atom. The second-order valence-electron chi connectivity index (χ2n) is 5.65. The summed E-state index contributed by atoms with van der Waals surface area (Å²) in [6.45, 7) is 0.